The third-order valence-corrected chi connectivity index (χ3v) is 6.59. The Kier molecular flexibility index (Phi) is 5.53. The van der Waals surface area contributed by atoms with Gasteiger partial charge in [0.05, 0.1) is 6.54 Å². The lowest BCUT2D eigenvalue weighted by atomic mass is 10.2. The number of hydrogen-bond acceptors (Lipinski definition) is 6. The van der Waals surface area contributed by atoms with Crippen LogP contribution < -0.4 is 16.1 Å². The summed E-state index contributed by atoms with van der Waals surface area (Å²) in [5, 5.41) is 0. The number of imidazole rings is 1. The number of anilines is 1. The van der Waals surface area contributed by atoms with E-state index in [2.05, 4.69) is 4.90 Å². The van der Waals surface area contributed by atoms with Gasteiger partial charge in [-0.1, -0.05) is 30.3 Å². The van der Waals surface area contributed by atoms with E-state index in [-0.39, 0.29) is 17.6 Å². The Labute approximate surface area is 190 Å². The number of carbonyl (C=O) groups excluding carboxylic acids is 1. The van der Waals surface area contributed by atoms with Crippen molar-refractivity contribution < 1.29 is 9.53 Å². The number of amides is 1. The van der Waals surface area contributed by atoms with Crippen LogP contribution in [-0.2, 0) is 30.2 Å². The number of hydrogen-bond donors (Lipinski definition) is 0. The highest BCUT2D eigenvalue weighted by atomic mass is 16.5. The van der Waals surface area contributed by atoms with Crippen molar-refractivity contribution in [1.29, 1.82) is 0 Å². The van der Waals surface area contributed by atoms with Crippen molar-refractivity contribution in [2.45, 2.75) is 25.5 Å². The second kappa shape index (κ2) is 8.51. The largest absolute Gasteiger partial charge is 0.368 e. The van der Waals surface area contributed by atoms with Gasteiger partial charge in [-0.3, -0.25) is 23.3 Å². The van der Waals surface area contributed by atoms with E-state index in [4.69, 9.17) is 9.72 Å². The van der Waals surface area contributed by atoms with E-state index in [0.29, 0.717) is 56.4 Å². The summed E-state index contributed by atoms with van der Waals surface area (Å²) < 4.78 is 9.99. The zero-order valence-electron chi connectivity index (χ0n) is 18.9. The quantitative estimate of drug-likeness (QED) is 0.566. The number of aryl methyl sites for hydroxylation is 1. The predicted octanol–water partition coefficient (Wildman–Crippen LogP) is 0.310. The Morgan fingerprint density at radius 3 is 2.45 bits per heavy atom. The van der Waals surface area contributed by atoms with Gasteiger partial charge in [-0.05, 0) is 18.4 Å². The van der Waals surface area contributed by atoms with Crippen LogP contribution >= 0.6 is 0 Å². The molecule has 174 valence electrons. The van der Waals surface area contributed by atoms with Crippen LogP contribution in [0.15, 0.2) is 39.9 Å². The van der Waals surface area contributed by atoms with Crippen LogP contribution in [0.3, 0.4) is 0 Å². The maximum atomic E-state index is 13.1. The zero-order valence-corrected chi connectivity index (χ0v) is 18.9. The Balaban J connectivity index is 1.51. The number of aromatic nitrogens is 4. The third kappa shape index (κ3) is 3.74. The van der Waals surface area contributed by atoms with Gasteiger partial charge in [0, 0.05) is 46.9 Å². The maximum Gasteiger partial charge on any atom is 0.332 e. The van der Waals surface area contributed by atoms with Crippen molar-refractivity contribution in [3.63, 3.8) is 0 Å². The molecule has 33 heavy (non-hydrogen) atoms. The van der Waals surface area contributed by atoms with Crippen molar-refractivity contribution in [1.82, 2.24) is 23.6 Å². The highest BCUT2D eigenvalue weighted by Gasteiger charge is 2.32. The molecule has 3 aromatic rings. The molecule has 10 heteroatoms. The number of piperazine rings is 1. The lowest BCUT2D eigenvalue weighted by molar-refractivity contribution is -0.141. The first-order chi connectivity index (χ1) is 16.0. The minimum absolute atomic E-state index is 0.0567. The van der Waals surface area contributed by atoms with Crippen LogP contribution in [0.2, 0.25) is 0 Å². The molecule has 2 aliphatic heterocycles. The lowest BCUT2D eigenvalue weighted by Crippen LogP contribution is -2.52. The third-order valence-electron chi connectivity index (χ3n) is 6.59. The van der Waals surface area contributed by atoms with Crippen molar-refractivity contribution >= 4 is 23.0 Å². The maximum absolute atomic E-state index is 13.1. The average Bonchev–Trinajstić information content (AvgIpc) is 3.51. The molecule has 0 N–H and O–H groups in total. The first-order valence-corrected chi connectivity index (χ1v) is 11.3. The summed E-state index contributed by atoms with van der Waals surface area (Å²) in [5.41, 5.74) is 1.02. The van der Waals surface area contributed by atoms with Crippen LogP contribution in [0, 0.1) is 0 Å². The van der Waals surface area contributed by atoms with E-state index in [0.717, 1.165) is 23.0 Å². The van der Waals surface area contributed by atoms with E-state index in [9.17, 15) is 14.4 Å². The standard InChI is InChI=1S/C23H28N6O4/c1-25-19-18(21(31)26(2)23(25)32)29(15-16-7-4-3-5-8-16)22(24-19)28-12-10-27(11-13-28)20(30)17-9-6-14-33-17/h3-5,7-8,17H,6,9-15H2,1-2H3. The number of rotatable bonds is 4. The van der Waals surface area contributed by atoms with Crippen LogP contribution in [0.5, 0.6) is 0 Å². The van der Waals surface area contributed by atoms with E-state index in [1.807, 2.05) is 39.8 Å². The first kappa shape index (κ1) is 21.4. The minimum atomic E-state index is -0.407. The topological polar surface area (TPSA) is 94.6 Å². The molecular weight excluding hydrogens is 424 g/mol. The fourth-order valence-corrected chi connectivity index (χ4v) is 4.70. The molecule has 0 radical (unpaired) electrons. The molecule has 1 unspecified atom stereocenters. The van der Waals surface area contributed by atoms with Gasteiger partial charge in [0.2, 0.25) is 5.95 Å². The summed E-state index contributed by atoms with van der Waals surface area (Å²) in [7, 11) is 3.12. The fraction of sp³-hybridized carbons (Fsp3) is 0.478. The van der Waals surface area contributed by atoms with Crippen LogP contribution in [0.4, 0.5) is 5.95 Å². The van der Waals surface area contributed by atoms with Crippen molar-refractivity contribution in [3.05, 3.63) is 56.7 Å². The molecular formula is C23H28N6O4. The Morgan fingerprint density at radius 1 is 1.06 bits per heavy atom. The molecule has 2 aromatic heterocycles. The summed E-state index contributed by atoms with van der Waals surface area (Å²) in [5.74, 6) is 0.692. The lowest BCUT2D eigenvalue weighted by Gasteiger charge is -2.36. The minimum Gasteiger partial charge on any atom is -0.368 e. The SMILES string of the molecule is Cn1c(=O)c2c(nc(N3CCN(C(=O)C4CCCO4)CC3)n2Cc2ccccc2)n(C)c1=O. The Hall–Kier alpha value is -3.40. The Morgan fingerprint density at radius 2 is 1.79 bits per heavy atom. The molecule has 5 rings (SSSR count). The summed E-state index contributed by atoms with van der Waals surface area (Å²) in [4.78, 5) is 47.0. The molecule has 1 amide bonds. The van der Waals surface area contributed by atoms with Gasteiger partial charge in [-0.15, -0.1) is 0 Å². The van der Waals surface area contributed by atoms with Gasteiger partial charge in [0.15, 0.2) is 11.2 Å². The number of nitrogens with zero attached hydrogens (tertiary/aromatic N) is 6. The van der Waals surface area contributed by atoms with Crippen molar-refractivity contribution in [2.75, 3.05) is 37.7 Å². The summed E-state index contributed by atoms with van der Waals surface area (Å²) in [6.45, 7) is 3.40. The number of ether oxygens (including phenoxy) is 1. The van der Waals surface area contributed by atoms with Gasteiger partial charge in [-0.2, -0.15) is 4.98 Å². The molecule has 4 heterocycles. The van der Waals surface area contributed by atoms with E-state index in [1.165, 1.54) is 11.6 Å². The second-order valence-electron chi connectivity index (χ2n) is 8.68. The molecule has 2 fully saturated rings. The van der Waals surface area contributed by atoms with Gasteiger partial charge in [0.1, 0.15) is 6.10 Å². The molecule has 10 nitrogen and oxygen atoms in total. The normalized spacial score (nSPS) is 18.9. The molecule has 0 bridgehead atoms. The summed E-state index contributed by atoms with van der Waals surface area (Å²) >= 11 is 0. The number of carbonyl (C=O) groups is 1. The number of benzene rings is 1. The summed E-state index contributed by atoms with van der Waals surface area (Å²) in [6, 6.07) is 9.86. The Bertz CT molecular complexity index is 1290. The van der Waals surface area contributed by atoms with Gasteiger partial charge in [0.25, 0.3) is 11.5 Å². The fourth-order valence-electron chi connectivity index (χ4n) is 4.70. The summed E-state index contributed by atoms with van der Waals surface area (Å²) in [6.07, 6.45) is 1.38. The molecule has 0 saturated carbocycles. The molecule has 0 aliphatic carbocycles. The predicted molar refractivity (Wildman–Crippen MR) is 124 cm³/mol. The van der Waals surface area contributed by atoms with Gasteiger partial charge in [-0.25, -0.2) is 4.79 Å². The average molecular weight is 453 g/mol. The van der Waals surface area contributed by atoms with Gasteiger partial charge >= 0.3 is 5.69 Å². The van der Waals surface area contributed by atoms with Crippen LogP contribution in [0.25, 0.3) is 11.2 Å². The second-order valence-corrected chi connectivity index (χ2v) is 8.68. The monoisotopic (exact) mass is 452 g/mol. The van der Waals surface area contributed by atoms with Crippen LogP contribution in [0.1, 0.15) is 18.4 Å². The smallest absolute Gasteiger partial charge is 0.332 e. The molecule has 1 aromatic carbocycles. The highest BCUT2D eigenvalue weighted by Crippen LogP contribution is 2.23. The van der Waals surface area contributed by atoms with E-state index in [1.54, 1.807) is 7.05 Å². The molecule has 0 spiro atoms. The van der Waals surface area contributed by atoms with E-state index >= 15 is 0 Å². The van der Waals surface area contributed by atoms with Crippen molar-refractivity contribution in [3.8, 4) is 0 Å². The highest BCUT2D eigenvalue weighted by molar-refractivity contribution is 5.81. The molecule has 2 aliphatic rings. The van der Waals surface area contributed by atoms with E-state index < -0.39 is 5.69 Å². The molecule has 1 atom stereocenters. The number of fused-ring (bicyclic) bond motifs is 1. The van der Waals surface area contributed by atoms with Gasteiger partial charge < -0.3 is 14.5 Å². The van der Waals surface area contributed by atoms with Crippen LogP contribution in [-0.4, -0.2) is 68.4 Å². The zero-order chi connectivity index (χ0) is 23.1. The van der Waals surface area contributed by atoms with Crippen molar-refractivity contribution in [2.24, 2.45) is 14.1 Å². The first-order valence-electron chi connectivity index (χ1n) is 11.3. The molecule has 2 saturated heterocycles.